The average molecular weight is 333 g/mol. The van der Waals surface area contributed by atoms with Crippen molar-refractivity contribution in [3.8, 4) is 0 Å². The second kappa shape index (κ2) is 5.04. The van der Waals surface area contributed by atoms with Crippen LogP contribution in [0.25, 0.3) is 22.1 Å². The maximum atomic E-state index is 11.7. The third-order valence-electron chi connectivity index (χ3n) is 4.67. The Morgan fingerprint density at radius 1 is 1.30 bits per heavy atom. The van der Waals surface area contributed by atoms with E-state index in [1.54, 1.807) is 10.5 Å². The molecule has 1 aliphatic heterocycles. The van der Waals surface area contributed by atoms with Gasteiger partial charge in [0.15, 0.2) is 0 Å². The smallest absolute Gasteiger partial charge is 0.211 e. The molecule has 122 valence electrons. The highest BCUT2D eigenvalue weighted by atomic mass is 32.2. The minimum atomic E-state index is -3.10. The van der Waals surface area contributed by atoms with E-state index < -0.39 is 10.0 Å². The molecule has 0 aromatic carbocycles. The van der Waals surface area contributed by atoms with Crippen LogP contribution < -0.4 is 0 Å². The standard InChI is InChI=1S/C15H19N5O2S/c1-10-18-13-9-17-15-12(3-6-16-15)14(13)20(10)11-4-7-19(8-5-11)23(2,21)22/h3,6,9,11H,4-5,7-8H2,1-2H3,(H,16,17). The lowest BCUT2D eigenvalue weighted by atomic mass is 10.1. The monoisotopic (exact) mass is 333 g/mol. The minimum Gasteiger partial charge on any atom is -0.346 e. The zero-order chi connectivity index (χ0) is 16.2. The van der Waals surface area contributed by atoms with Gasteiger partial charge in [0.1, 0.15) is 17.0 Å². The molecule has 3 aromatic heterocycles. The van der Waals surface area contributed by atoms with Crippen molar-refractivity contribution in [3.63, 3.8) is 0 Å². The molecule has 7 nitrogen and oxygen atoms in total. The van der Waals surface area contributed by atoms with E-state index in [0.717, 1.165) is 40.7 Å². The number of nitrogens with one attached hydrogen (secondary N) is 1. The van der Waals surface area contributed by atoms with E-state index in [0.29, 0.717) is 13.1 Å². The van der Waals surface area contributed by atoms with E-state index in [4.69, 9.17) is 0 Å². The summed E-state index contributed by atoms with van der Waals surface area (Å²) in [5, 5.41) is 1.06. The Kier molecular flexibility index (Phi) is 3.21. The van der Waals surface area contributed by atoms with Crippen molar-refractivity contribution in [3.05, 3.63) is 24.3 Å². The van der Waals surface area contributed by atoms with E-state index in [2.05, 4.69) is 19.5 Å². The summed E-state index contributed by atoms with van der Waals surface area (Å²) >= 11 is 0. The zero-order valence-corrected chi connectivity index (χ0v) is 14.0. The quantitative estimate of drug-likeness (QED) is 0.775. The van der Waals surface area contributed by atoms with Gasteiger partial charge in [-0.25, -0.2) is 22.7 Å². The van der Waals surface area contributed by atoms with Gasteiger partial charge in [0.25, 0.3) is 0 Å². The first kappa shape index (κ1) is 14.6. The van der Waals surface area contributed by atoms with Crippen molar-refractivity contribution >= 4 is 32.1 Å². The normalized spacial score (nSPS) is 18.2. The lowest BCUT2D eigenvalue weighted by Gasteiger charge is -2.31. The van der Waals surface area contributed by atoms with E-state index in [1.165, 1.54) is 6.26 Å². The Balaban J connectivity index is 1.78. The molecule has 0 amide bonds. The molecular weight excluding hydrogens is 314 g/mol. The molecular formula is C15H19N5O2S. The summed E-state index contributed by atoms with van der Waals surface area (Å²) in [6.45, 7) is 3.12. The number of rotatable bonds is 2. The average Bonchev–Trinajstić information content (AvgIpc) is 3.09. The van der Waals surface area contributed by atoms with Crippen LogP contribution in [0.3, 0.4) is 0 Å². The van der Waals surface area contributed by atoms with Gasteiger partial charge in [-0.3, -0.25) is 0 Å². The number of imidazole rings is 1. The second-order valence-corrected chi connectivity index (χ2v) is 8.14. The van der Waals surface area contributed by atoms with Gasteiger partial charge in [-0.2, -0.15) is 0 Å². The van der Waals surface area contributed by atoms with Gasteiger partial charge in [0, 0.05) is 30.7 Å². The van der Waals surface area contributed by atoms with Gasteiger partial charge in [-0.05, 0) is 25.8 Å². The van der Waals surface area contributed by atoms with Crippen molar-refractivity contribution in [1.82, 2.24) is 23.8 Å². The summed E-state index contributed by atoms with van der Waals surface area (Å²) in [6, 6.07) is 2.28. The van der Waals surface area contributed by atoms with E-state index in [9.17, 15) is 8.42 Å². The Bertz CT molecular complexity index is 980. The van der Waals surface area contributed by atoms with Crippen LogP contribution in [-0.4, -0.2) is 51.6 Å². The number of aromatic nitrogens is 4. The molecule has 4 rings (SSSR count). The number of H-pyrrole nitrogens is 1. The van der Waals surface area contributed by atoms with Crippen LogP contribution in [0.15, 0.2) is 18.5 Å². The summed E-state index contributed by atoms with van der Waals surface area (Å²) < 4.78 is 27.2. The van der Waals surface area contributed by atoms with Crippen LogP contribution in [0, 0.1) is 6.92 Å². The molecule has 1 N–H and O–H groups in total. The number of hydrogen-bond acceptors (Lipinski definition) is 4. The number of nitrogens with zero attached hydrogens (tertiary/aromatic N) is 4. The lowest BCUT2D eigenvalue weighted by Crippen LogP contribution is -2.38. The largest absolute Gasteiger partial charge is 0.346 e. The lowest BCUT2D eigenvalue weighted by molar-refractivity contribution is 0.276. The van der Waals surface area contributed by atoms with Crippen LogP contribution in [0.5, 0.6) is 0 Å². The Morgan fingerprint density at radius 3 is 2.74 bits per heavy atom. The van der Waals surface area contributed by atoms with Crippen LogP contribution in [0.1, 0.15) is 24.7 Å². The number of aryl methyl sites for hydroxylation is 1. The van der Waals surface area contributed by atoms with E-state index in [1.807, 2.05) is 19.2 Å². The molecule has 23 heavy (non-hydrogen) atoms. The number of aromatic amines is 1. The fourth-order valence-corrected chi connectivity index (χ4v) is 4.46. The molecule has 0 unspecified atom stereocenters. The van der Waals surface area contributed by atoms with Crippen LogP contribution in [0.2, 0.25) is 0 Å². The molecule has 0 aliphatic carbocycles. The summed E-state index contributed by atoms with van der Waals surface area (Å²) in [7, 11) is -3.10. The third-order valence-corrected chi connectivity index (χ3v) is 5.97. The molecule has 0 atom stereocenters. The first-order valence-corrected chi connectivity index (χ1v) is 9.56. The van der Waals surface area contributed by atoms with E-state index >= 15 is 0 Å². The predicted octanol–water partition coefficient (Wildman–Crippen LogP) is 1.82. The summed E-state index contributed by atoms with van der Waals surface area (Å²) in [6.07, 6.45) is 6.56. The molecule has 3 aromatic rings. The first-order valence-electron chi connectivity index (χ1n) is 7.71. The van der Waals surface area contributed by atoms with Gasteiger partial charge in [-0.15, -0.1) is 0 Å². The van der Waals surface area contributed by atoms with Gasteiger partial charge in [-0.1, -0.05) is 0 Å². The van der Waals surface area contributed by atoms with Crippen LogP contribution in [-0.2, 0) is 10.0 Å². The van der Waals surface area contributed by atoms with Crippen molar-refractivity contribution in [2.45, 2.75) is 25.8 Å². The molecule has 0 spiro atoms. The van der Waals surface area contributed by atoms with Gasteiger partial charge >= 0.3 is 0 Å². The highest BCUT2D eigenvalue weighted by Crippen LogP contribution is 2.32. The number of hydrogen-bond donors (Lipinski definition) is 1. The SMILES string of the molecule is Cc1nc2cnc3[nH]ccc3c2n1C1CCN(S(C)(=O)=O)CC1. The van der Waals surface area contributed by atoms with Gasteiger partial charge in [0.05, 0.1) is 18.0 Å². The number of sulfonamides is 1. The van der Waals surface area contributed by atoms with E-state index in [-0.39, 0.29) is 6.04 Å². The molecule has 1 fully saturated rings. The Labute approximate surface area is 134 Å². The molecule has 0 radical (unpaired) electrons. The zero-order valence-electron chi connectivity index (χ0n) is 13.2. The number of fused-ring (bicyclic) bond motifs is 3. The predicted molar refractivity (Wildman–Crippen MR) is 88.8 cm³/mol. The van der Waals surface area contributed by atoms with Gasteiger partial charge in [0.2, 0.25) is 10.0 Å². The Morgan fingerprint density at radius 2 is 2.04 bits per heavy atom. The summed E-state index contributed by atoms with van der Waals surface area (Å²) in [5.41, 5.74) is 2.83. The molecule has 4 heterocycles. The van der Waals surface area contributed by atoms with Gasteiger partial charge < -0.3 is 9.55 Å². The fourth-order valence-electron chi connectivity index (χ4n) is 3.59. The minimum absolute atomic E-state index is 0.262. The molecule has 1 aliphatic rings. The van der Waals surface area contributed by atoms with Crippen molar-refractivity contribution < 1.29 is 8.42 Å². The van der Waals surface area contributed by atoms with Crippen molar-refractivity contribution in [2.24, 2.45) is 0 Å². The molecule has 8 heteroatoms. The number of piperidine rings is 1. The van der Waals surface area contributed by atoms with Crippen LogP contribution in [0.4, 0.5) is 0 Å². The Hall–Kier alpha value is -1.93. The first-order chi connectivity index (χ1) is 10.9. The van der Waals surface area contributed by atoms with Crippen molar-refractivity contribution in [1.29, 1.82) is 0 Å². The number of pyridine rings is 1. The molecule has 0 saturated carbocycles. The summed E-state index contributed by atoms with van der Waals surface area (Å²) in [4.78, 5) is 12.2. The fraction of sp³-hybridized carbons (Fsp3) is 0.467. The highest BCUT2D eigenvalue weighted by molar-refractivity contribution is 7.88. The van der Waals surface area contributed by atoms with Crippen molar-refractivity contribution in [2.75, 3.05) is 19.3 Å². The second-order valence-electron chi connectivity index (χ2n) is 6.15. The molecule has 0 bridgehead atoms. The summed E-state index contributed by atoms with van der Waals surface area (Å²) in [5.74, 6) is 0.952. The maximum Gasteiger partial charge on any atom is 0.211 e. The highest BCUT2D eigenvalue weighted by Gasteiger charge is 2.28. The third kappa shape index (κ3) is 2.33. The maximum absolute atomic E-state index is 11.7. The van der Waals surface area contributed by atoms with Crippen LogP contribution >= 0.6 is 0 Å². The topological polar surface area (TPSA) is 83.9 Å². The molecule has 1 saturated heterocycles.